The number of hydrogen-bond acceptors (Lipinski definition) is 5. The van der Waals surface area contributed by atoms with Crippen LogP contribution in [0, 0.1) is 15.3 Å². The van der Waals surface area contributed by atoms with Crippen molar-refractivity contribution in [2.75, 3.05) is 25.4 Å². The molecule has 1 fully saturated rings. The molecule has 31 heavy (non-hydrogen) atoms. The van der Waals surface area contributed by atoms with E-state index in [1.165, 1.54) is 16.7 Å². The van der Waals surface area contributed by atoms with E-state index < -0.39 is 11.5 Å². The second-order valence-corrected chi connectivity index (χ2v) is 8.81. The number of anilines is 1. The Morgan fingerprint density at radius 1 is 1.13 bits per heavy atom. The molecule has 2 aromatic carbocycles. The molecule has 0 aliphatic carbocycles. The van der Waals surface area contributed by atoms with E-state index in [1.807, 2.05) is 22.6 Å². The molecule has 3 aromatic rings. The Bertz CT molecular complexity index is 1260. The summed E-state index contributed by atoms with van der Waals surface area (Å²) < 4.78 is 15.1. The summed E-state index contributed by atoms with van der Waals surface area (Å²) >= 11 is 1.81. The van der Waals surface area contributed by atoms with Crippen LogP contribution < -0.4 is 17.0 Å². The highest BCUT2D eigenvalue weighted by Gasteiger charge is 2.28. The molecule has 2 heterocycles. The van der Waals surface area contributed by atoms with Gasteiger partial charge in [0.2, 0.25) is 0 Å². The number of rotatable bonds is 5. The molecule has 7 nitrogen and oxygen atoms in total. The zero-order valence-corrected chi connectivity index (χ0v) is 18.9. The van der Waals surface area contributed by atoms with Crippen molar-refractivity contribution in [2.45, 2.75) is 19.4 Å². The Balaban J connectivity index is 1.40. The molecular formula is C22H22FIN4O3. The van der Waals surface area contributed by atoms with E-state index in [0.717, 1.165) is 0 Å². The molecule has 3 N–H and O–H groups in total. The van der Waals surface area contributed by atoms with E-state index >= 15 is 0 Å². The number of hydrogen-bond donors (Lipinski definition) is 2. The van der Waals surface area contributed by atoms with Gasteiger partial charge in [-0.2, -0.15) is 0 Å². The number of halogens is 2. The van der Waals surface area contributed by atoms with Gasteiger partial charge < -0.3 is 15.6 Å². The largest absolute Gasteiger partial charge is 0.397 e. The number of benzene rings is 2. The van der Waals surface area contributed by atoms with Gasteiger partial charge in [-0.15, -0.1) is 0 Å². The number of aromatic nitrogens is 2. The molecule has 1 aliphatic rings. The molecule has 4 rings (SSSR count). The number of carbonyl (C=O) groups excluding carboxylic acids is 1. The summed E-state index contributed by atoms with van der Waals surface area (Å²) in [7, 11) is 0. The number of fused-ring (bicyclic) bond motifs is 1. The SMILES string of the molecule is Nc1c(C(=O)C2CCN(CCn3c(=O)[nH]c4ccccc4c3=O)CC2)ccc(F)c1I. The highest BCUT2D eigenvalue weighted by atomic mass is 127. The second kappa shape index (κ2) is 8.91. The van der Waals surface area contributed by atoms with Crippen molar-refractivity contribution in [3.63, 3.8) is 0 Å². The number of piperidine rings is 1. The molecule has 0 saturated carbocycles. The molecule has 9 heteroatoms. The first-order chi connectivity index (χ1) is 14.9. The summed E-state index contributed by atoms with van der Waals surface area (Å²) in [6, 6.07) is 9.68. The Kier molecular flexibility index (Phi) is 6.24. The van der Waals surface area contributed by atoms with Crippen LogP contribution in [0.4, 0.5) is 10.1 Å². The molecule has 0 amide bonds. The number of nitrogens with one attached hydrogen (secondary N) is 1. The van der Waals surface area contributed by atoms with Crippen molar-refractivity contribution in [3.8, 4) is 0 Å². The quantitative estimate of drug-likeness (QED) is 0.297. The lowest BCUT2D eigenvalue weighted by Gasteiger charge is -2.31. The van der Waals surface area contributed by atoms with E-state index in [4.69, 9.17) is 5.73 Å². The highest BCUT2D eigenvalue weighted by Crippen LogP contribution is 2.28. The Morgan fingerprint density at radius 3 is 2.58 bits per heavy atom. The van der Waals surface area contributed by atoms with Gasteiger partial charge in [-0.05, 0) is 72.8 Å². The summed E-state index contributed by atoms with van der Waals surface area (Å²) in [5.74, 6) is -0.660. The molecular weight excluding hydrogens is 514 g/mol. The van der Waals surface area contributed by atoms with Gasteiger partial charge in [0.05, 0.1) is 20.2 Å². The van der Waals surface area contributed by atoms with Crippen LogP contribution in [-0.4, -0.2) is 39.9 Å². The number of carbonyl (C=O) groups is 1. The summed E-state index contributed by atoms with van der Waals surface area (Å²) in [6.45, 7) is 2.17. The Labute approximate surface area is 191 Å². The van der Waals surface area contributed by atoms with Crippen molar-refractivity contribution in [1.29, 1.82) is 0 Å². The average Bonchev–Trinajstić information content (AvgIpc) is 2.77. The summed E-state index contributed by atoms with van der Waals surface area (Å²) in [5, 5.41) is 0.484. The smallest absolute Gasteiger partial charge is 0.328 e. The fourth-order valence-electron chi connectivity index (χ4n) is 4.06. The number of nitrogens with zero attached hydrogens (tertiary/aromatic N) is 2. The molecule has 0 radical (unpaired) electrons. The maximum atomic E-state index is 13.6. The molecule has 162 valence electrons. The van der Waals surface area contributed by atoms with E-state index in [9.17, 15) is 18.8 Å². The van der Waals surface area contributed by atoms with Crippen LogP contribution in [0.15, 0.2) is 46.0 Å². The van der Waals surface area contributed by atoms with E-state index in [0.29, 0.717) is 48.9 Å². The lowest BCUT2D eigenvalue weighted by molar-refractivity contribution is 0.0838. The zero-order valence-electron chi connectivity index (χ0n) is 16.7. The number of nitrogen functional groups attached to an aromatic ring is 1. The van der Waals surface area contributed by atoms with Crippen LogP contribution in [-0.2, 0) is 6.54 Å². The van der Waals surface area contributed by atoms with Crippen molar-refractivity contribution < 1.29 is 9.18 Å². The van der Waals surface area contributed by atoms with Gasteiger partial charge in [-0.25, -0.2) is 9.18 Å². The van der Waals surface area contributed by atoms with E-state index in [1.54, 1.807) is 24.3 Å². The summed E-state index contributed by atoms with van der Waals surface area (Å²) in [6.07, 6.45) is 1.30. The fourth-order valence-corrected chi connectivity index (χ4v) is 4.53. The van der Waals surface area contributed by atoms with Gasteiger partial charge >= 0.3 is 5.69 Å². The van der Waals surface area contributed by atoms with Crippen molar-refractivity contribution in [1.82, 2.24) is 14.5 Å². The van der Waals surface area contributed by atoms with Gasteiger partial charge in [0.25, 0.3) is 5.56 Å². The van der Waals surface area contributed by atoms with Gasteiger partial charge in [0.1, 0.15) is 5.82 Å². The van der Waals surface area contributed by atoms with E-state index in [2.05, 4.69) is 9.88 Å². The van der Waals surface area contributed by atoms with Crippen LogP contribution in [0.1, 0.15) is 23.2 Å². The lowest BCUT2D eigenvalue weighted by Crippen LogP contribution is -2.42. The van der Waals surface area contributed by atoms with Crippen LogP contribution in [0.3, 0.4) is 0 Å². The number of para-hydroxylation sites is 1. The number of ketones is 1. The average molecular weight is 536 g/mol. The van der Waals surface area contributed by atoms with Crippen LogP contribution in [0.5, 0.6) is 0 Å². The predicted molar refractivity (Wildman–Crippen MR) is 126 cm³/mol. The van der Waals surface area contributed by atoms with Crippen LogP contribution in [0.25, 0.3) is 10.9 Å². The molecule has 0 atom stereocenters. The minimum Gasteiger partial charge on any atom is -0.397 e. The van der Waals surface area contributed by atoms with Crippen molar-refractivity contribution >= 4 is 45.0 Å². The molecule has 1 saturated heterocycles. The number of H-pyrrole nitrogens is 1. The maximum absolute atomic E-state index is 13.6. The van der Waals surface area contributed by atoms with Crippen molar-refractivity contribution in [2.24, 2.45) is 5.92 Å². The topological polar surface area (TPSA) is 101 Å². The van der Waals surface area contributed by atoms with E-state index in [-0.39, 0.29) is 33.1 Å². The first kappa shape index (κ1) is 21.7. The second-order valence-electron chi connectivity index (χ2n) is 7.74. The molecule has 1 aliphatic heterocycles. The number of aromatic amines is 1. The van der Waals surface area contributed by atoms with Gasteiger partial charge in [-0.3, -0.25) is 14.2 Å². The number of Topliss-reactive ketones (excluding diaryl/α,β-unsaturated/α-hetero) is 1. The van der Waals surface area contributed by atoms with Gasteiger partial charge in [-0.1, -0.05) is 12.1 Å². The fraction of sp³-hybridized carbons (Fsp3) is 0.318. The molecule has 0 unspecified atom stereocenters. The third kappa shape index (κ3) is 4.29. The predicted octanol–water partition coefficient (Wildman–Crippen LogP) is 2.61. The first-order valence-electron chi connectivity index (χ1n) is 10.1. The number of likely N-dealkylation sites (tertiary alicyclic amines) is 1. The van der Waals surface area contributed by atoms with Gasteiger partial charge in [0.15, 0.2) is 5.78 Å². The summed E-state index contributed by atoms with van der Waals surface area (Å²) in [5.41, 5.74) is 6.33. The summed E-state index contributed by atoms with van der Waals surface area (Å²) in [4.78, 5) is 42.7. The maximum Gasteiger partial charge on any atom is 0.328 e. The third-order valence-electron chi connectivity index (χ3n) is 5.89. The minimum atomic E-state index is -0.427. The molecule has 0 bridgehead atoms. The lowest BCUT2D eigenvalue weighted by atomic mass is 9.88. The Morgan fingerprint density at radius 2 is 1.84 bits per heavy atom. The normalized spacial score (nSPS) is 15.4. The Hall–Kier alpha value is -2.53. The van der Waals surface area contributed by atoms with Gasteiger partial charge in [0, 0.05) is 24.6 Å². The van der Waals surface area contributed by atoms with Crippen molar-refractivity contribution in [3.05, 3.63) is 72.2 Å². The monoisotopic (exact) mass is 536 g/mol. The molecule has 1 aromatic heterocycles. The third-order valence-corrected chi connectivity index (χ3v) is 6.98. The van der Waals surface area contributed by atoms with Crippen LogP contribution >= 0.6 is 22.6 Å². The first-order valence-corrected chi connectivity index (χ1v) is 11.2. The highest BCUT2D eigenvalue weighted by molar-refractivity contribution is 14.1. The number of nitrogens with two attached hydrogens (primary N) is 1. The molecule has 0 spiro atoms. The standard InChI is InChI=1S/C22H22FIN4O3/c23-16-6-5-15(19(25)18(16)24)20(29)13-7-9-27(10-8-13)11-12-28-21(30)14-3-1-2-4-17(14)26-22(28)31/h1-6,13H,7-12,25H2,(H,26,31). The minimum absolute atomic E-state index is 0.0581. The zero-order chi connectivity index (χ0) is 22.1. The van der Waals surface area contributed by atoms with Crippen LogP contribution in [0.2, 0.25) is 0 Å².